The average Bonchev–Trinajstić information content (AvgIpc) is 2.69. The molecule has 1 aromatic heterocycles. The first kappa shape index (κ1) is 12.2. The second-order valence-corrected chi connectivity index (χ2v) is 4.19. The van der Waals surface area contributed by atoms with Gasteiger partial charge in [0.25, 0.3) is 5.91 Å². The summed E-state index contributed by atoms with van der Waals surface area (Å²) in [6.45, 7) is 1.86. The van der Waals surface area contributed by atoms with E-state index in [9.17, 15) is 4.79 Å². The van der Waals surface area contributed by atoms with Gasteiger partial charge >= 0.3 is 0 Å². The molecule has 18 heavy (non-hydrogen) atoms. The van der Waals surface area contributed by atoms with Crippen LogP contribution in [0.25, 0.3) is 0 Å². The van der Waals surface area contributed by atoms with E-state index in [-0.39, 0.29) is 5.91 Å². The van der Waals surface area contributed by atoms with Gasteiger partial charge in [0.05, 0.1) is 23.1 Å². The van der Waals surface area contributed by atoms with Gasteiger partial charge in [-0.2, -0.15) is 5.10 Å². The summed E-state index contributed by atoms with van der Waals surface area (Å²) in [4.78, 5) is 13.9. The highest BCUT2D eigenvalue weighted by Crippen LogP contribution is 2.23. The molecule has 5 nitrogen and oxygen atoms in total. The molecular formula is C13H16N4O. The van der Waals surface area contributed by atoms with Crippen LogP contribution in [0.5, 0.6) is 0 Å². The molecule has 94 valence electrons. The first-order valence-corrected chi connectivity index (χ1v) is 5.63. The van der Waals surface area contributed by atoms with Crippen molar-refractivity contribution in [1.82, 2.24) is 9.78 Å². The highest BCUT2D eigenvalue weighted by atomic mass is 16.2. The minimum atomic E-state index is -0.112. The quantitative estimate of drug-likeness (QED) is 0.816. The van der Waals surface area contributed by atoms with Crippen LogP contribution in [0.1, 0.15) is 16.1 Å². The van der Waals surface area contributed by atoms with E-state index in [2.05, 4.69) is 5.10 Å². The molecule has 1 aromatic carbocycles. The summed E-state index contributed by atoms with van der Waals surface area (Å²) in [5.74, 6) is -0.112. The third-order valence-corrected chi connectivity index (χ3v) is 3.07. The number of carbonyl (C=O) groups excluding carboxylic acids is 1. The fourth-order valence-corrected chi connectivity index (χ4v) is 1.79. The number of para-hydroxylation sites is 2. The van der Waals surface area contributed by atoms with E-state index >= 15 is 0 Å². The number of carbonyl (C=O) groups is 1. The number of aryl methyl sites for hydroxylation is 1. The zero-order chi connectivity index (χ0) is 13.3. The van der Waals surface area contributed by atoms with Gasteiger partial charge in [-0.15, -0.1) is 0 Å². The summed E-state index contributed by atoms with van der Waals surface area (Å²) < 4.78 is 1.68. The third-order valence-electron chi connectivity index (χ3n) is 3.07. The smallest absolute Gasteiger partial charge is 0.261 e. The molecule has 2 N–H and O–H groups in total. The van der Waals surface area contributed by atoms with Crippen molar-refractivity contribution < 1.29 is 4.79 Å². The molecule has 0 aliphatic carbocycles. The van der Waals surface area contributed by atoms with E-state index in [0.29, 0.717) is 16.9 Å². The van der Waals surface area contributed by atoms with E-state index in [1.54, 1.807) is 28.9 Å². The van der Waals surface area contributed by atoms with Crippen molar-refractivity contribution >= 4 is 17.3 Å². The molecule has 0 saturated heterocycles. The Morgan fingerprint density at radius 3 is 2.61 bits per heavy atom. The number of aromatic nitrogens is 2. The molecular weight excluding hydrogens is 228 g/mol. The van der Waals surface area contributed by atoms with Gasteiger partial charge in [0, 0.05) is 19.8 Å². The Morgan fingerprint density at radius 1 is 1.39 bits per heavy atom. The van der Waals surface area contributed by atoms with Crippen LogP contribution in [0.15, 0.2) is 30.5 Å². The maximum Gasteiger partial charge on any atom is 0.261 e. The summed E-state index contributed by atoms with van der Waals surface area (Å²) >= 11 is 0. The first-order chi connectivity index (χ1) is 8.52. The number of benzene rings is 1. The number of nitrogen functional groups attached to an aromatic ring is 1. The van der Waals surface area contributed by atoms with Crippen LogP contribution < -0.4 is 10.6 Å². The first-order valence-electron chi connectivity index (χ1n) is 5.63. The van der Waals surface area contributed by atoms with Crippen LogP contribution in [0.3, 0.4) is 0 Å². The van der Waals surface area contributed by atoms with Gasteiger partial charge in [0.1, 0.15) is 0 Å². The molecule has 0 radical (unpaired) electrons. The molecule has 0 unspecified atom stereocenters. The predicted molar refractivity (Wildman–Crippen MR) is 71.5 cm³/mol. The number of amides is 1. The molecule has 2 aromatic rings. The monoisotopic (exact) mass is 244 g/mol. The number of rotatable bonds is 2. The molecule has 1 heterocycles. The largest absolute Gasteiger partial charge is 0.397 e. The van der Waals surface area contributed by atoms with Crippen LogP contribution in [0, 0.1) is 6.92 Å². The lowest BCUT2D eigenvalue weighted by atomic mass is 10.2. The maximum absolute atomic E-state index is 12.3. The van der Waals surface area contributed by atoms with Crippen molar-refractivity contribution in [2.24, 2.45) is 7.05 Å². The Balaban J connectivity index is 2.35. The van der Waals surface area contributed by atoms with Gasteiger partial charge in [0.2, 0.25) is 0 Å². The molecule has 5 heteroatoms. The normalized spacial score (nSPS) is 10.4. The van der Waals surface area contributed by atoms with Crippen molar-refractivity contribution in [2.45, 2.75) is 6.92 Å². The lowest BCUT2D eigenvalue weighted by Gasteiger charge is -2.18. The number of nitrogens with two attached hydrogens (primary N) is 1. The molecule has 0 atom stereocenters. The van der Waals surface area contributed by atoms with Crippen molar-refractivity contribution in [3.63, 3.8) is 0 Å². The van der Waals surface area contributed by atoms with E-state index < -0.39 is 0 Å². The molecule has 0 spiro atoms. The number of nitrogens with zero attached hydrogens (tertiary/aromatic N) is 3. The Hall–Kier alpha value is -2.30. The molecule has 0 aliphatic heterocycles. The molecule has 0 aliphatic rings. The minimum Gasteiger partial charge on any atom is -0.397 e. The van der Waals surface area contributed by atoms with Crippen LogP contribution in [0.4, 0.5) is 11.4 Å². The predicted octanol–water partition coefficient (Wildman–Crippen LogP) is 1.59. The summed E-state index contributed by atoms with van der Waals surface area (Å²) in [5.41, 5.74) is 8.57. The second-order valence-electron chi connectivity index (χ2n) is 4.19. The maximum atomic E-state index is 12.3. The van der Waals surface area contributed by atoms with Gasteiger partial charge in [-0.25, -0.2) is 0 Å². The summed E-state index contributed by atoms with van der Waals surface area (Å²) in [6, 6.07) is 7.28. The number of hydrogen-bond acceptors (Lipinski definition) is 3. The van der Waals surface area contributed by atoms with Crippen LogP contribution >= 0.6 is 0 Å². The van der Waals surface area contributed by atoms with Crippen molar-refractivity contribution in [3.8, 4) is 0 Å². The van der Waals surface area contributed by atoms with Crippen LogP contribution in [-0.2, 0) is 7.05 Å². The Labute approximate surface area is 106 Å². The molecule has 0 saturated carbocycles. The average molecular weight is 244 g/mol. The summed E-state index contributed by atoms with van der Waals surface area (Å²) in [6.07, 6.45) is 1.58. The van der Waals surface area contributed by atoms with Gasteiger partial charge in [-0.1, -0.05) is 12.1 Å². The number of anilines is 2. The topological polar surface area (TPSA) is 64.2 Å². The van der Waals surface area contributed by atoms with E-state index in [1.165, 1.54) is 0 Å². The van der Waals surface area contributed by atoms with E-state index in [4.69, 9.17) is 5.73 Å². The fourth-order valence-electron chi connectivity index (χ4n) is 1.79. The lowest BCUT2D eigenvalue weighted by molar-refractivity contribution is 0.0992. The van der Waals surface area contributed by atoms with Crippen molar-refractivity contribution in [2.75, 3.05) is 17.7 Å². The van der Waals surface area contributed by atoms with Crippen molar-refractivity contribution in [3.05, 3.63) is 41.7 Å². The standard InChI is InChI=1S/C13H16N4O/c1-9-10(8-15-17(9)3)13(18)16(2)12-7-5-4-6-11(12)14/h4-8H,14H2,1-3H3. The molecule has 2 rings (SSSR count). The third kappa shape index (κ3) is 1.95. The zero-order valence-electron chi connectivity index (χ0n) is 10.7. The fraction of sp³-hybridized carbons (Fsp3) is 0.231. The van der Waals surface area contributed by atoms with Gasteiger partial charge in [0.15, 0.2) is 0 Å². The molecule has 1 amide bonds. The second kappa shape index (κ2) is 4.52. The molecule has 0 fully saturated rings. The SMILES string of the molecule is Cc1c(C(=O)N(C)c2ccccc2N)cnn1C. The Kier molecular flexibility index (Phi) is 3.06. The highest BCUT2D eigenvalue weighted by molar-refractivity contribution is 6.07. The lowest BCUT2D eigenvalue weighted by Crippen LogP contribution is -2.27. The number of hydrogen-bond donors (Lipinski definition) is 1. The van der Waals surface area contributed by atoms with Gasteiger partial charge < -0.3 is 10.6 Å². The highest BCUT2D eigenvalue weighted by Gasteiger charge is 2.19. The minimum absolute atomic E-state index is 0.112. The van der Waals surface area contributed by atoms with E-state index in [0.717, 1.165) is 5.69 Å². The van der Waals surface area contributed by atoms with Gasteiger partial charge in [-0.05, 0) is 19.1 Å². The zero-order valence-corrected chi connectivity index (χ0v) is 10.7. The van der Waals surface area contributed by atoms with Gasteiger partial charge in [-0.3, -0.25) is 9.48 Å². The van der Waals surface area contributed by atoms with E-state index in [1.807, 2.05) is 32.2 Å². The summed E-state index contributed by atoms with van der Waals surface area (Å²) in [7, 11) is 3.52. The van der Waals surface area contributed by atoms with Crippen LogP contribution in [-0.4, -0.2) is 22.7 Å². The Morgan fingerprint density at radius 2 is 2.06 bits per heavy atom. The summed E-state index contributed by atoms with van der Waals surface area (Å²) in [5, 5.41) is 4.07. The van der Waals surface area contributed by atoms with Crippen LogP contribution in [0.2, 0.25) is 0 Å². The molecule has 0 bridgehead atoms. The van der Waals surface area contributed by atoms with Crippen molar-refractivity contribution in [1.29, 1.82) is 0 Å². The Bertz CT molecular complexity index is 588.